The minimum atomic E-state index is -2.24. The van der Waals surface area contributed by atoms with Crippen LogP contribution in [0.3, 0.4) is 0 Å². The van der Waals surface area contributed by atoms with Crippen LogP contribution < -0.4 is 10.1 Å². The molecule has 1 N–H and O–H groups in total. The molecule has 13 nitrogen and oxygen atoms in total. The molecule has 0 saturated carbocycles. The summed E-state index contributed by atoms with van der Waals surface area (Å²) in [5, 5.41) is 9.83. The number of carbonyl (C=O) groups excluding carboxylic acids is 4. The van der Waals surface area contributed by atoms with Crippen LogP contribution in [-0.4, -0.2) is 66.7 Å². The Morgan fingerprint density at radius 2 is 1.74 bits per heavy atom. The molecule has 1 saturated heterocycles. The van der Waals surface area contributed by atoms with Gasteiger partial charge in [0.2, 0.25) is 0 Å². The van der Waals surface area contributed by atoms with E-state index in [0.29, 0.717) is 11.3 Å². The molecule has 1 fully saturated rings. The minimum Gasteiger partial charge on any atom is -0.484 e. The van der Waals surface area contributed by atoms with Crippen molar-refractivity contribution in [2.24, 2.45) is 0 Å². The predicted octanol–water partition coefficient (Wildman–Crippen LogP) is 2.29. The van der Waals surface area contributed by atoms with Gasteiger partial charge in [-0.2, -0.15) is 0 Å². The molecule has 2 aromatic rings. The van der Waals surface area contributed by atoms with Crippen LogP contribution >= 0.6 is 11.6 Å². The second-order valence-electron chi connectivity index (χ2n) is 10.2. The van der Waals surface area contributed by atoms with Crippen LogP contribution in [0.15, 0.2) is 65.3 Å². The number of amides is 2. The third-order valence-corrected chi connectivity index (χ3v) is 8.35. The maximum atomic E-state index is 13.6. The number of para-hydroxylation sites is 1. The van der Waals surface area contributed by atoms with Gasteiger partial charge in [0, 0.05) is 12.1 Å². The molecule has 2 heterocycles. The normalized spacial score (nSPS) is 21.5. The number of esters is 2. The van der Waals surface area contributed by atoms with Crippen molar-refractivity contribution in [3.05, 3.63) is 81.0 Å². The number of hydrogen-bond acceptors (Lipinski definition) is 10. The molecular weight excluding hydrogens is 594 g/mol. The van der Waals surface area contributed by atoms with Gasteiger partial charge in [0.05, 0.1) is 20.8 Å². The number of non-ortho nitro benzene ring substituents is 1. The number of ether oxygens (including phenoxy) is 3. The maximum Gasteiger partial charge on any atom is 0.356 e. The van der Waals surface area contributed by atoms with E-state index < -0.39 is 79.1 Å². The van der Waals surface area contributed by atoms with Crippen LogP contribution in [0.25, 0.3) is 0 Å². The van der Waals surface area contributed by atoms with E-state index in [1.165, 1.54) is 24.3 Å². The van der Waals surface area contributed by atoms with Gasteiger partial charge in [-0.25, -0.2) is 4.79 Å². The van der Waals surface area contributed by atoms with E-state index in [4.69, 9.17) is 25.8 Å². The summed E-state index contributed by atoms with van der Waals surface area (Å²) in [4.78, 5) is 63.1. The molecule has 222 valence electrons. The minimum absolute atomic E-state index is 0.165. The zero-order valence-corrected chi connectivity index (χ0v) is 24.2. The van der Waals surface area contributed by atoms with E-state index in [9.17, 15) is 33.5 Å². The van der Waals surface area contributed by atoms with E-state index in [0.717, 1.165) is 4.90 Å². The van der Waals surface area contributed by atoms with Gasteiger partial charge < -0.3 is 19.5 Å². The van der Waals surface area contributed by atoms with E-state index in [1.54, 1.807) is 51.1 Å². The lowest BCUT2D eigenvalue weighted by Gasteiger charge is -2.50. The Bertz CT molecular complexity index is 1470. The highest BCUT2D eigenvalue weighted by Crippen LogP contribution is 2.41. The SMILES string of the molecule is CC(C)(C)OC(=O)[C@@H]1C(Cl)=C(C(=O)OCc2ccc([N+](=O)[O-])cc2)N2C(=O)[C@@H](NC(=O)COc3ccccc3)[C@H]2S1=O. The second-order valence-corrected chi connectivity index (χ2v) is 12.2. The Morgan fingerprint density at radius 1 is 1.10 bits per heavy atom. The number of benzene rings is 2. The number of fused-ring (bicyclic) bond motifs is 1. The number of rotatable bonds is 9. The molecule has 0 aliphatic carbocycles. The lowest BCUT2D eigenvalue weighted by atomic mass is 10.0. The summed E-state index contributed by atoms with van der Waals surface area (Å²) in [7, 11) is -2.24. The third-order valence-electron chi connectivity index (χ3n) is 5.97. The topological polar surface area (TPSA) is 171 Å². The number of carbonyl (C=O) groups is 4. The molecule has 42 heavy (non-hydrogen) atoms. The monoisotopic (exact) mass is 619 g/mol. The van der Waals surface area contributed by atoms with Gasteiger partial charge in [0.25, 0.3) is 17.5 Å². The molecule has 0 aromatic heterocycles. The Kier molecular flexibility index (Phi) is 8.97. The first-order valence-electron chi connectivity index (χ1n) is 12.5. The van der Waals surface area contributed by atoms with Crippen molar-refractivity contribution in [2.45, 2.75) is 49.6 Å². The van der Waals surface area contributed by atoms with Crippen molar-refractivity contribution >= 4 is 51.8 Å². The number of hydrogen-bond donors (Lipinski definition) is 1. The van der Waals surface area contributed by atoms with Gasteiger partial charge in [0.1, 0.15) is 35.1 Å². The smallest absolute Gasteiger partial charge is 0.356 e. The van der Waals surface area contributed by atoms with Crippen molar-refractivity contribution in [3.8, 4) is 5.75 Å². The summed E-state index contributed by atoms with van der Waals surface area (Å²) in [5.41, 5.74) is -1.29. The highest BCUT2D eigenvalue weighted by molar-refractivity contribution is 7.87. The average Bonchev–Trinajstić information content (AvgIpc) is 2.93. The molecular formula is C27H26ClN3O10S. The standard InChI is InChI=1S/C27H26ClN3O10S/c1-27(2,3)41-26(35)22-19(28)21(25(34)40-13-15-9-11-16(12-10-15)31(36)37)30-23(33)20(24(30)42(22)38)29-18(32)14-39-17-7-5-4-6-8-17/h4-12,20,22,24H,13-14H2,1-3H3,(H,29,32)/t20-,22+,24-,42?/m1/s1. The first kappa shape index (κ1) is 30.7. The molecule has 0 radical (unpaired) electrons. The number of β-lactam (4-membered cyclic amide) rings is 1. The average molecular weight is 620 g/mol. The number of halogens is 1. The van der Waals surface area contributed by atoms with Crippen molar-refractivity contribution in [1.29, 1.82) is 0 Å². The van der Waals surface area contributed by atoms with E-state index >= 15 is 0 Å². The lowest BCUT2D eigenvalue weighted by molar-refractivity contribution is -0.384. The van der Waals surface area contributed by atoms with Crippen LogP contribution in [0, 0.1) is 10.1 Å². The first-order chi connectivity index (χ1) is 19.8. The van der Waals surface area contributed by atoms with E-state index in [1.807, 2.05) is 0 Å². The highest BCUT2D eigenvalue weighted by Gasteiger charge is 2.61. The van der Waals surface area contributed by atoms with Gasteiger partial charge in [-0.05, 0) is 50.6 Å². The molecule has 4 atom stereocenters. The number of nitro groups is 1. The van der Waals surface area contributed by atoms with Gasteiger partial charge in [0.15, 0.2) is 11.9 Å². The fraction of sp³-hybridized carbons (Fsp3) is 0.333. The fourth-order valence-corrected chi connectivity index (χ4v) is 6.34. The fourth-order valence-electron chi connectivity index (χ4n) is 4.11. The molecule has 2 aliphatic rings. The zero-order valence-electron chi connectivity index (χ0n) is 22.6. The molecule has 0 bridgehead atoms. The summed E-state index contributed by atoms with van der Waals surface area (Å²) < 4.78 is 29.7. The summed E-state index contributed by atoms with van der Waals surface area (Å²) in [5.74, 6) is -3.20. The van der Waals surface area contributed by atoms with Gasteiger partial charge >= 0.3 is 11.9 Å². The third kappa shape index (κ3) is 6.60. The number of nitro benzene ring substituents is 1. The number of nitrogens with one attached hydrogen (secondary N) is 1. The van der Waals surface area contributed by atoms with Gasteiger partial charge in [-0.1, -0.05) is 29.8 Å². The molecule has 15 heteroatoms. The van der Waals surface area contributed by atoms with Crippen molar-refractivity contribution in [3.63, 3.8) is 0 Å². The first-order valence-corrected chi connectivity index (χ1v) is 14.2. The van der Waals surface area contributed by atoms with Crippen LogP contribution in [0.5, 0.6) is 5.75 Å². The van der Waals surface area contributed by atoms with Gasteiger partial charge in [-0.15, -0.1) is 0 Å². The quantitative estimate of drug-likeness (QED) is 0.190. The number of nitrogens with zero attached hydrogens (tertiary/aromatic N) is 2. The van der Waals surface area contributed by atoms with Gasteiger partial charge in [-0.3, -0.25) is 33.6 Å². The lowest BCUT2D eigenvalue weighted by Crippen LogP contribution is -2.75. The Hall–Kier alpha value is -4.30. The van der Waals surface area contributed by atoms with E-state index in [-0.39, 0.29) is 12.3 Å². The molecule has 0 spiro atoms. The zero-order chi connectivity index (χ0) is 30.8. The Labute approximate surface area is 247 Å². The second kappa shape index (κ2) is 12.3. The molecule has 4 rings (SSSR count). The summed E-state index contributed by atoms with van der Waals surface area (Å²) >= 11 is 6.44. The Morgan fingerprint density at radius 3 is 2.33 bits per heavy atom. The summed E-state index contributed by atoms with van der Waals surface area (Å²) in [6.07, 6.45) is 0. The van der Waals surface area contributed by atoms with Crippen molar-refractivity contribution in [2.75, 3.05) is 6.61 Å². The van der Waals surface area contributed by atoms with Crippen LogP contribution in [0.4, 0.5) is 5.69 Å². The molecule has 2 aromatic carbocycles. The van der Waals surface area contributed by atoms with Crippen LogP contribution in [0.2, 0.25) is 0 Å². The highest BCUT2D eigenvalue weighted by atomic mass is 35.5. The van der Waals surface area contributed by atoms with Crippen molar-refractivity contribution < 1.29 is 42.5 Å². The maximum absolute atomic E-state index is 13.6. The van der Waals surface area contributed by atoms with Crippen LogP contribution in [-0.2, 0) is 46.1 Å². The van der Waals surface area contributed by atoms with E-state index in [2.05, 4.69) is 5.32 Å². The summed E-state index contributed by atoms with van der Waals surface area (Å²) in [6.45, 7) is 3.95. The largest absolute Gasteiger partial charge is 0.484 e. The Balaban J connectivity index is 1.56. The predicted molar refractivity (Wildman–Crippen MR) is 148 cm³/mol. The summed E-state index contributed by atoms with van der Waals surface area (Å²) in [6, 6.07) is 12.3. The molecule has 2 amide bonds. The van der Waals surface area contributed by atoms with Crippen molar-refractivity contribution in [1.82, 2.24) is 10.2 Å². The molecule has 1 unspecified atom stereocenters. The molecule has 2 aliphatic heterocycles. The van der Waals surface area contributed by atoms with Crippen LogP contribution in [0.1, 0.15) is 26.3 Å².